The second-order valence-corrected chi connectivity index (χ2v) is 3.91. The largest absolute Gasteiger partial charge is 0.483 e. The van der Waals surface area contributed by atoms with Crippen molar-refractivity contribution in [2.24, 2.45) is 0 Å². The van der Waals surface area contributed by atoms with Gasteiger partial charge in [-0.1, -0.05) is 13.0 Å². The van der Waals surface area contributed by atoms with E-state index in [9.17, 15) is 4.39 Å². The quantitative estimate of drug-likeness (QED) is 0.854. The van der Waals surface area contributed by atoms with E-state index in [2.05, 4.69) is 5.32 Å². The van der Waals surface area contributed by atoms with Gasteiger partial charge in [0.15, 0.2) is 11.6 Å². The molecular weight excluding hydrogens is 233 g/mol. The summed E-state index contributed by atoms with van der Waals surface area (Å²) < 4.78 is 24.2. The van der Waals surface area contributed by atoms with Gasteiger partial charge < -0.3 is 14.5 Å². The van der Waals surface area contributed by atoms with E-state index in [1.807, 2.05) is 13.0 Å². The van der Waals surface area contributed by atoms with Crippen molar-refractivity contribution in [3.8, 4) is 5.75 Å². The molecule has 1 heterocycles. The predicted octanol–water partition coefficient (Wildman–Crippen LogP) is 3.11. The molecule has 2 rings (SSSR count). The van der Waals surface area contributed by atoms with Gasteiger partial charge in [-0.15, -0.1) is 0 Å². The van der Waals surface area contributed by atoms with Crippen LogP contribution in [0.1, 0.15) is 18.2 Å². The van der Waals surface area contributed by atoms with E-state index >= 15 is 0 Å². The fourth-order valence-electron chi connectivity index (χ4n) is 1.58. The summed E-state index contributed by atoms with van der Waals surface area (Å²) in [6.07, 6.45) is 1.56. The van der Waals surface area contributed by atoms with E-state index in [4.69, 9.17) is 9.15 Å². The highest BCUT2D eigenvalue weighted by atomic mass is 19.1. The van der Waals surface area contributed by atoms with Crippen molar-refractivity contribution in [3.05, 3.63) is 53.7 Å². The third kappa shape index (κ3) is 3.34. The molecule has 0 atom stereocenters. The van der Waals surface area contributed by atoms with Gasteiger partial charge in [-0.2, -0.15) is 0 Å². The molecule has 0 aliphatic carbocycles. The molecule has 3 nitrogen and oxygen atoms in total. The van der Waals surface area contributed by atoms with Crippen LogP contribution in [0, 0.1) is 5.82 Å². The lowest BCUT2D eigenvalue weighted by Gasteiger charge is -2.08. The van der Waals surface area contributed by atoms with Crippen molar-refractivity contribution in [1.82, 2.24) is 5.32 Å². The van der Waals surface area contributed by atoms with Gasteiger partial charge in [-0.3, -0.25) is 0 Å². The molecule has 1 N–H and O–H groups in total. The molecule has 0 unspecified atom stereocenters. The Morgan fingerprint density at radius 2 is 2.22 bits per heavy atom. The molecule has 0 aliphatic rings. The summed E-state index contributed by atoms with van der Waals surface area (Å²) in [7, 11) is 0. The molecular formula is C14H16FNO2. The lowest BCUT2D eigenvalue weighted by Crippen LogP contribution is -2.11. The predicted molar refractivity (Wildman–Crippen MR) is 66.8 cm³/mol. The summed E-state index contributed by atoms with van der Waals surface area (Å²) in [6.45, 7) is 3.76. The van der Waals surface area contributed by atoms with Crippen LogP contribution in [-0.2, 0) is 13.2 Å². The minimum absolute atomic E-state index is 0.233. The number of hydrogen-bond donors (Lipinski definition) is 1. The van der Waals surface area contributed by atoms with Gasteiger partial charge in [-0.25, -0.2) is 4.39 Å². The number of hydrogen-bond acceptors (Lipinski definition) is 3. The van der Waals surface area contributed by atoms with Crippen LogP contribution in [0.3, 0.4) is 0 Å². The van der Waals surface area contributed by atoms with Crippen molar-refractivity contribution in [2.45, 2.75) is 20.1 Å². The van der Waals surface area contributed by atoms with Crippen LogP contribution in [-0.4, -0.2) is 6.54 Å². The molecule has 1 aromatic carbocycles. The van der Waals surface area contributed by atoms with E-state index in [0.29, 0.717) is 12.3 Å². The van der Waals surface area contributed by atoms with Crippen LogP contribution >= 0.6 is 0 Å². The molecule has 0 aliphatic heterocycles. The first kappa shape index (κ1) is 12.6. The Kier molecular flexibility index (Phi) is 4.36. The van der Waals surface area contributed by atoms with Crippen molar-refractivity contribution in [1.29, 1.82) is 0 Å². The van der Waals surface area contributed by atoms with Crippen LogP contribution in [0.4, 0.5) is 4.39 Å². The van der Waals surface area contributed by atoms with E-state index in [-0.39, 0.29) is 18.2 Å². The zero-order chi connectivity index (χ0) is 12.8. The van der Waals surface area contributed by atoms with Gasteiger partial charge in [-0.05, 0) is 36.4 Å². The fourth-order valence-corrected chi connectivity index (χ4v) is 1.58. The first-order chi connectivity index (χ1) is 8.79. The second kappa shape index (κ2) is 6.21. The normalized spacial score (nSPS) is 10.6. The van der Waals surface area contributed by atoms with Crippen molar-refractivity contribution in [3.63, 3.8) is 0 Å². The third-order valence-corrected chi connectivity index (χ3v) is 2.53. The first-order valence-electron chi connectivity index (χ1n) is 5.94. The molecule has 1 aromatic heterocycles. The third-order valence-electron chi connectivity index (χ3n) is 2.53. The lowest BCUT2D eigenvalue weighted by molar-refractivity contribution is 0.258. The van der Waals surface area contributed by atoms with Gasteiger partial charge in [0.1, 0.15) is 12.4 Å². The van der Waals surface area contributed by atoms with E-state index in [1.165, 1.54) is 6.07 Å². The summed E-state index contributed by atoms with van der Waals surface area (Å²) in [5.41, 5.74) is 0.902. The van der Waals surface area contributed by atoms with Crippen LogP contribution < -0.4 is 10.1 Å². The summed E-state index contributed by atoms with van der Waals surface area (Å²) in [6, 6.07) is 8.54. The number of ether oxygens (including phenoxy) is 1. The molecule has 18 heavy (non-hydrogen) atoms. The lowest BCUT2D eigenvalue weighted by atomic mass is 10.2. The molecule has 96 valence electrons. The number of rotatable bonds is 6. The molecule has 2 aromatic rings. The molecule has 0 spiro atoms. The highest BCUT2D eigenvalue weighted by Gasteiger charge is 2.05. The van der Waals surface area contributed by atoms with Crippen LogP contribution in [0.5, 0.6) is 5.75 Å². The Hall–Kier alpha value is -1.81. The molecule has 0 bridgehead atoms. The average molecular weight is 249 g/mol. The highest BCUT2D eigenvalue weighted by molar-refractivity contribution is 5.29. The van der Waals surface area contributed by atoms with E-state index in [0.717, 1.165) is 12.1 Å². The van der Waals surface area contributed by atoms with Crippen LogP contribution in [0.2, 0.25) is 0 Å². The van der Waals surface area contributed by atoms with Crippen molar-refractivity contribution < 1.29 is 13.5 Å². The van der Waals surface area contributed by atoms with Crippen molar-refractivity contribution >= 4 is 0 Å². The minimum atomic E-state index is -0.350. The Bertz CT molecular complexity index is 483. The van der Waals surface area contributed by atoms with Crippen LogP contribution in [0.15, 0.2) is 41.0 Å². The Morgan fingerprint density at radius 1 is 1.33 bits per heavy atom. The molecule has 0 saturated heterocycles. The maximum absolute atomic E-state index is 13.7. The average Bonchev–Trinajstić information content (AvgIpc) is 2.88. The maximum Gasteiger partial charge on any atom is 0.165 e. The van der Waals surface area contributed by atoms with Gasteiger partial charge in [0.2, 0.25) is 0 Å². The number of nitrogens with one attached hydrogen (secondary N) is 1. The number of halogens is 1. The second-order valence-electron chi connectivity index (χ2n) is 3.91. The van der Waals surface area contributed by atoms with Crippen LogP contribution in [0.25, 0.3) is 0 Å². The number of furan rings is 1. The SMILES string of the molecule is CCNCc1ccc(OCc2ccco2)c(F)c1. The van der Waals surface area contributed by atoms with Gasteiger partial charge in [0.25, 0.3) is 0 Å². The standard InChI is InChI=1S/C14H16FNO2/c1-2-16-9-11-5-6-14(13(15)8-11)18-10-12-4-3-7-17-12/h3-8,16H,2,9-10H2,1H3. The fraction of sp³-hybridized carbons (Fsp3) is 0.286. The zero-order valence-electron chi connectivity index (χ0n) is 10.3. The number of benzene rings is 1. The summed E-state index contributed by atoms with van der Waals surface area (Å²) in [4.78, 5) is 0. The molecule has 0 amide bonds. The topological polar surface area (TPSA) is 34.4 Å². The van der Waals surface area contributed by atoms with Gasteiger partial charge >= 0.3 is 0 Å². The smallest absolute Gasteiger partial charge is 0.165 e. The summed E-state index contributed by atoms with van der Waals surface area (Å²) in [5, 5.41) is 3.14. The van der Waals surface area contributed by atoms with E-state index < -0.39 is 0 Å². The molecule has 0 saturated carbocycles. The zero-order valence-corrected chi connectivity index (χ0v) is 10.3. The van der Waals surface area contributed by atoms with Crippen molar-refractivity contribution in [2.75, 3.05) is 6.54 Å². The maximum atomic E-state index is 13.7. The molecule has 0 fully saturated rings. The Labute approximate surface area is 106 Å². The minimum Gasteiger partial charge on any atom is -0.483 e. The molecule has 4 heteroatoms. The van der Waals surface area contributed by atoms with E-state index in [1.54, 1.807) is 24.5 Å². The molecule has 0 radical (unpaired) electrons. The first-order valence-corrected chi connectivity index (χ1v) is 5.94. The monoisotopic (exact) mass is 249 g/mol. The Balaban J connectivity index is 1.96. The highest BCUT2D eigenvalue weighted by Crippen LogP contribution is 2.19. The summed E-state index contributed by atoms with van der Waals surface area (Å²) >= 11 is 0. The Morgan fingerprint density at radius 3 is 2.89 bits per heavy atom. The van der Waals surface area contributed by atoms with Gasteiger partial charge in [0.05, 0.1) is 6.26 Å². The summed E-state index contributed by atoms with van der Waals surface area (Å²) in [5.74, 6) is 0.565. The van der Waals surface area contributed by atoms with Gasteiger partial charge in [0, 0.05) is 6.54 Å².